The van der Waals surface area contributed by atoms with E-state index in [0.717, 1.165) is 38.0 Å². The van der Waals surface area contributed by atoms with Crippen molar-refractivity contribution in [3.63, 3.8) is 0 Å². The lowest BCUT2D eigenvalue weighted by Crippen LogP contribution is -2.24. The number of halogens is 1. The summed E-state index contributed by atoms with van der Waals surface area (Å²) in [6.45, 7) is 1.30. The molecule has 0 aliphatic carbocycles. The van der Waals surface area contributed by atoms with E-state index in [0.29, 0.717) is 12.2 Å². The Morgan fingerprint density at radius 3 is 3.00 bits per heavy atom. The zero-order chi connectivity index (χ0) is 17.9. The molecule has 1 N–H and O–H groups in total. The van der Waals surface area contributed by atoms with E-state index < -0.39 is 15.8 Å². The van der Waals surface area contributed by atoms with Gasteiger partial charge < -0.3 is 9.47 Å². The SMILES string of the molecule is COc1ccc(F)cc1S(=O)(=O)Nc1cnn(CC2CCCCO2)c1. The summed E-state index contributed by atoms with van der Waals surface area (Å²) in [6, 6.07) is 3.33. The average molecular weight is 369 g/mol. The van der Waals surface area contributed by atoms with Crippen LogP contribution in [0.5, 0.6) is 5.75 Å². The van der Waals surface area contributed by atoms with Crippen LogP contribution in [0.2, 0.25) is 0 Å². The summed E-state index contributed by atoms with van der Waals surface area (Å²) < 4.78 is 53.2. The molecule has 25 heavy (non-hydrogen) atoms. The molecule has 1 aromatic carbocycles. The minimum absolute atomic E-state index is 0.0666. The number of hydrogen-bond donors (Lipinski definition) is 1. The summed E-state index contributed by atoms with van der Waals surface area (Å²) in [4.78, 5) is -0.265. The highest BCUT2D eigenvalue weighted by Gasteiger charge is 2.22. The van der Waals surface area contributed by atoms with Crippen LogP contribution in [0, 0.1) is 5.82 Å². The molecule has 1 saturated heterocycles. The fourth-order valence-electron chi connectivity index (χ4n) is 2.75. The molecular formula is C16H20FN3O4S. The second kappa shape index (κ2) is 7.40. The third-order valence-electron chi connectivity index (χ3n) is 3.97. The first-order chi connectivity index (χ1) is 12.0. The first kappa shape index (κ1) is 17.7. The first-order valence-corrected chi connectivity index (χ1v) is 9.46. The second-order valence-corrected chi connectivity index (χ2v) is 7.49. The summed E-state index contributed by atoms with van der Waals surface area (Å²) in [5, 5.41) is 4.15. The summed E-state index contributed by atoms with van der Waals surface area (Å²) in [5.74, 6) is -0.594. The monoisotopic (exact) mass is 369 g/mol. The highest BCUT2D eigenvalue weighted by atomic mass is 32.2. The van der Waals surface area contributed by atoms with Gasteiger partial charge in [0.15, 0.2) is 0 Å². The number of methoxy groups -OCH3 is 1. The number of sulfonamides is 1. The van der Waals surface area contributed by atoms with Crippen molar-refractivity contribution >= 4 is 15.7 Å². The smallest absolute Gasteiger partial charge is 0.265 e. The first-order valence-electron chi connectivity index (χ1n) is 7.98. The van der Waals surface area contributed by atoms with E-state index in [9.17, 15) is 12.8 Å². The van der Waals surface area contributed by atoms with E-state index in [1.165, 1.54) is 19.4 Å². The van der Waals surface area contributed by atoms with E-state index in [2.05, 4.69) is 9.82 Å². The number of nitrogens with zero attached hydrogens (tertiary/aromatic N) is 2. The van der Waals surface area contributed by atoms with Crippen LogP contribution < -0.4 is 9.46 Å². The number of rotatable bonds is 6. The van der Waals surface area contributed by atoms with E-state index in [4.69, 9.17) is 9.47 Å². The Hall–Kier alpha value is -2.13. The van der Waals surface area contributed by atoms with Crippen molar-refractivity contribution in [2.24, 2.45) is 0 Å². The van der Waals surface area contributed by atoms with E-state index in [1.807, 2.05) is 0 Å². The van der Waals surface area contributed by atoms with Crippen molar-refractivity contribution in [2.45, 2.75) is 36.8 Å². The summed E-state index contributed by atoms with van der Waals surface area (Å²) >= 11 is 0. The third kappa shape index (κ3) is 4.29. The van der Waals surface area contributed by atoms with Gasteiger partial charge in [0.05, 0.1) is 31.6 Å². The molecule has 1 fully saturated rings. The maximum Gasteiger partial charge on any atom is 0.265 e. The molecule has 1 aliphatic heterocycles. The molecule has 3 rings (SSSR count). The number of benzene rings is 1. The highest BCUT2D eigenvalue weighted by Crippen LogP contribution is 2.26. The van der Waals surface area contributed by atoms with Gasteiger partial charge in [0.25, 0.3) is 10.0 Å². The molecule has 0 saturated carbocycles. The maximum atomic E-state index is 13.4. The van der Waals surface area contributed by atoms with Gasteiger partial charge in [-0.3, -0.25) is 9.40 Å². The van der Waals surface area contributed by atoms with Gasteiger partial charge >= 0.3 is 0 Å². The fraction of sp³-hybridized carbons (Fsp3) is 0.438. The van der Waals surface area contributed by atoms with Crippen LogP contribution in [0.1, 0.15) is 19.3 Å². The molecule has 1 aromatic heterocycles. The molecular weight excluding hydrogens is 349 g/mol. The molecule has 1 aliphatic rings. The molecule has 0 spiro atoms. The molecule has 1 unspecified atom stereocenters. The zero-order valence-corrected chi connectivity index (χ0v) is 14.6. The lowest BCUT2D eigenvalue weighted by molar-refractivity contribution is 0.00401. The minimum Gasteiger partial charge on any atom is -0.495 e. The highest BCUT2D eigenvalue weighted by molar-refractivity contribution is 7.92. The van der Waals surface area contributed by atoms with Crippen LogP contribution >= 0.6 is 0 Å². The van der Waals surface area contributed by atoms with Gasteiger partial charge in [0, 0.05) is 12.8 Å². The number of anilines is 1. The van der Waals surface area contributed by atoms with Crippen LogP contribution in [0.4, 0.5) is 10.1 Å². The van der Waals surface area contributed by atoms with Gasteiger partial charge in [-0.2, -0.15) is 5.10 Å². The third-order valence-corrected chi connectivity index (χ3v) is 5.37. The van der Waals surface area contributed by atoms with Crippen LogP contribution in [-0.2, 0) is 21.3 Å². The molecule has 1 atom stereocenters. The Bertz CT molecular complexity index is 832. The summed E-state index contributed by atoms with van der Waals surface area (Å²) in [7, 11) is -2.67. The molecule has 7 nitrogen and oxygen atoms in total. The minimum atomic E-state index is -4.00. The van der Waals surface area contributed by atoms with Gasteiger partial charge in [-0.1, -0.05) is 0 Å². The van der Waals surface area contributed by atoms with Crippen LogP contribution in [0.15, 0.2) is 35.5 Å². The Balaban J connectivity index is 1.74. The largest absolute Gasteiger partial charge is 0.495 e. The molecule has 2 heterocycles. The Labute approximate surface area is 145 Å². The predicted molar refractivity (Wildman–Crippen MR) is 89.6 cm³/mol. The second-order valence-electron chi connectivity index (χ2n) is 5.84. The normalized spacial score (nSPS) is 18.1. The number of ether oxygens (including phenoxy) is 2. The quantitative estimate of drug-likeness (QED) is 0.845. The van der Waals surface area contributed by atoms with Crippen LogP contribution in [0.3, 0.4) is 0 Å². The standard InChI is InChI=1S/C16H20FN3O4S/c1-23-15-6-5-12(17)8-16(15)25(21,22)19-13-9-18-20(10-13)11-14-4-2-3-7-24-14/h5-6,8-10,14,19H,2-4,7,11H2,1H3. The fourth-order valence-corrected chi connectivity index (χ4v) is 3.96. The van der Waals surface area contributed by atoms with E-state index >= 15 is 0 Å². The molecule has 0 amide bonds. The topological polar surface area (TPSA) is 82.5 Å². The molecule has 2 aromatic rings. The van der Waals surface area contributed by atoms with Crippen LogP contribution in [0.25, 0.3) is 0 Å². The maximum absolute atomic E-state index is 13.4. The van der Waals surface area contributed by atoms with Crippen molar-refractivity contribution in [3.8, 4) is 5.75 Å². The lowest BCUT2D eigenvalue weighted by Gasteiger charge is -2.22. The van der Waals surface area contributed by atoms with Gasteiger partial charge in [0.1, 0.15) is 16.5 Å². The Kier molecular flexibility index (Phi) is 5.24. The van der Waals surface area contributed by atoms with Crippen LogP contribution in [-0.4, -0.2) is 38.0 Å². The molecule has 136 valence electrons. The van der Waals surface area contributed by atoms with Crippen molar-refractivity contribution in [3.05, 3.63) is 36.4 Å². The van der Waals surface area contributed by atoms with Crippen molar-refractivity contribution < 1.29 is 22.3 Å². The molecule has 0 radical (unpaired) electrons. The number of hydrogen-bond acceptors (Lipinski definition) is 5. The van der Waals surface area contributed by atoms with Gasteiger partial charge in [-0.05, 0) is 37.5 Å². The number of nitrogens with one attached hydrogen (secondary N) is 1. The van der Waals surface area contributed by atoms with E-state index in [1.54, 1.807) is 10.9 Å². The van der Waals surface area contributed by atoms with E-state index in [-0.39, 0.29) is 16.7 Å². The summed E-state index contributed by atoms with van der Waals surface area (Å²) in [6.07, 6.45) is 6.22. The summed E-state index contributed by atoms with van der Waals surface area (Å²) in [5.41, 5.74) is 0.294. The lowest BCUT2D eigenvalue weighted by atomic mass is 10.1. The average Bonchev–Trinajstić information content (AvgIpc) is 3.02. The molecule has 9 heteroatoms. The van der Waals surface area contributed by atoms with Crippen molar-refractivity contribution in [1.82, 2.24) is 9.78 Å². The van der Waals surface area contributed by atoms with Gasteiger partial charge in [0.2, 0.25) is 0 Å². The Morgan fingerprint density at radius 1 is 1.44 bits per heavy atom. The zero-order valence-electron chi connectivity index (χ0n) is 13.8. The van der Waals surface area contributed by atoms with Crippen molar-refractivity contribution in [2.75, 3.05) is 18.4 Å². The van der Waals surface area contributed by atoms with Gasteiger partial charge in [-0.15, -0.1) is 0 Å². The van der Waals surface area contributed by atoms with Crippen molar-refractivity contribution in [1.29, 1.82) is 0 Å². The Morgan fingerprint density at radius 2 is 2.28 bits per heavy atom. The molecule has 0 bridgehead atoms. The van der Waals surface area contributed by atoms with Gasteiger partial charge in [-0.25, -0.2) is 12.8 Å². The number of aromatic nitrogens is 2. The predicted octanol–water partition coefficient (Wildman–Crippen LogP) is 2.40.